The topological polar surface area (TPSA) is 49.3 Å². The largest absolute Gasteiger partial charge is 0.479 e. The molecule has 4 heteroatoms. The molecular weight excluding hydrogens is 210 g/mol. The minimum Gasteiger partial charge on any atom is -0.479 e. The molecular formula is C11H11NO2S. The van der Waals surface area contributed by atoms with Crippen molar-refractivity contribution in [1.82, 2.24) is 5.32 Å². The molecule has 0 amide bonds. The Morgan fingerprint density at radius 3 is 2.53 bits per heavy atom. The van der Waals surface area contributed by atoms with Crippen LogP contribution in [0.1, 0.15) is 12.5 Å². The number of hydrogen-bond donors (Lipinski definition) is 2. The summed E-state index contributed by atoms with van der Waals surface area (Å²) in [4.78, 5) is 10.3. The number of carboxylic acids is 1. The Hall–Kier alpha value is -1.42. The third kappa shape index (κ3) is 1.61. The third-order valence-electron chi connectivity index (χ3n) is 2.27. The molecule has 1 atom stereocenters. The molecule has 0 spiro atoms. The maximum Gasteiger partial charge on any atom is 0.345 e. The molecule has 0 aliphatic carbocycles. The molecule has 0 bridgehead atoms. The van der Waals surface area contributed by atoms with Crippen molar-refractivity contribution in [2.24, 2.45) is 0 Å². The van der Waals surface area contributed by atoms with Gasteiger partial charge in [0.25, 0.3) is 0 Å². The fourth-order valence-corrected chi connectivity index (χ4v) is 2.56. The van der Waals surface area contributed by atoms with E-state index in [0.717, 1.165) is 11.3 Å². The normalized spacial score (nSPS) is 24.5. The average molecular weight is 221 g/mol. The first kappa shape index (κ1) is 10.1. The van der Waals surface area contributed by atoms with Gasteiger partial charge in [0.05, 0.1) is 0 Å². The van der Waals surface area contributed by atoms with Gasteiger partial charge in [-0.1, -0.05) is 42.1 Å². The standard InChI is InChI=1S/C11H11NO2S/c1-8-7-15-11(12-8,10(13)14)9-5-3-2-4-6-9/h2-7,12H,1H3,(H,13,14). The van der Waals surface area contributed by atoms with Crippen LogP contribution in [0.2, 0.25) is 0 Å². The highest BCUT2D eigenvalue weighted by Crippen LogP contribution is 2.40. The number of hydrogen-bond acceptors (Lipinski definition) is 3. The zero-order chi connectivity index (χ0) is 10.9. The smallest absolute Gasteiger partial charge is 0.345 e. The van der Waals surface area contributed by atoms with Crippen LogP contribution in [0.3, 0.4) is 0 Å². The molecule has 1 heterocycles. The van der Waals surface area contributed by atoms with Crippen LogP contribution in [-0.4, -0.2) is 11.1 Å². The lowest BCUT2D eigenvalue weighted by Gasteiger charge is -2.25. The molecule has 1 aliphatic heterocycles. The van der Waals surface area contributed by atoms with Gasteiger partial charge in [-0.15, -0.1) is 0 Å². The second-order valence-corrected chi connectivity index (χ2v) is 4.48. The van der Waals surface area contributed by atoms with E-state index in [9.17, 15) is 9.90 Å². The molecule has 1 aliphatic rings. The predicted molar refractivity (Wildman–Crippen MR) is 60.2 cm³/mol. The monoisotopic (exact) mass is 221 g/mol. The van der Waals surface area contributed by atoms with E-state index < -0.39 is 10.8 Å². The van der Waals surface area contributed by atoms with Gasteiger partial charge in [-0.25, -0.2) is 4.79 Å². The molecule has 1 aromatic carbocycles. The second kappa shape index (κ2) is 3.62. The van der Waals surface area contributed by atoms with Crippen molar-refractivity contribution in [2.75, 3.05) is 0 Å². The summed E-state index contributed by atoms with van der Waals surface area (Å²) in [6.07, 6.45) is 0. The summed E-state index contributed by atoms with van der Waals surface area (Å²) in [6.45, 7) is 1.86. The van der Waals surface area contributed by atoms with Gasteiger partial charge in [-0.3, -0.25) is 0 Å². The summed E-state index contributed by atoms with van der Waals surface area (Å²) >= 11 is 1.29. The van der Waals surface area contributed by atoms with Crippen molar-refractivity contribution in [1.29, 1.82) is 0 Å². The molecule has 1 unspecified atom stereocenters. The zero-order valence-electron chi connectivity index (χ0n) is 8.23. The number of allylic oxidation sites excluding steroid dienone is 1. The van der Waals surface area contributed by atoms with E-state index >= 15 is 0 Å². The Labute approximate surface area is 92.2 Å². The quantitative estimate of drug-likeness (QED) is 0.803. The second-order valence-electron chi connectivity index (χ2n) is 3.40. The maximum absolute atomic E-state index is 11.4. The van der Waals surface area contributed by atoms with Crippen LogP contribution in [0.5, 0.6) is 0 Å². The van der Waals surface area contributed by atoms with Crippen LogP contribution in [0.15, 0.2) is 41.4 Å². The van der Waals surface area contributed by atoms with Gasteiger partial charge < -0.3 is 10.4 Å². The van der Waals surface area contributed by atoms with Gasteiger partial charge in [0.2, 0.25) is 4.87 Å². The van der Waals surface area contributed by atoms with Crippen LogP contribution in [0, 0.1) is 0 Å². The van der Waals surface area contributed by atoms with Gasteiger partial charge >= 0.3 is 5.97 Å². The first-order chi connectivity index (χ1) is 7.15. The molecule has 0 saturated heterocycles. The van der Waals surface area contributed by atoms with Gasteiger partial charge in [0.1, 0.15) is 0 Å². The number of rotatable bonds is 2. The molecule has 0 fully saturated rings. The Morgan fingerprint density at radius 2 is 2.07 bits per heavy atom. The van der Waals surface area contributed by atoms with Crippen molar-refractivity contribution < 1.29 is 9.90 Å². The first-order valence-electron chi connectivity index (χ1n) is 4.57. The fraction of sp³-hybridized carbons (Fsp3) is 0.182. The molecule has 2 rings (SSSR count). The highest BCUT2D eigenvalue weighted by molar-refractivity contribution is 8.03. The van der Waals surface area contributed by atoms with Crippen molar-refractivity contribution in [2.45, 2.75) is 11.8 Å². The predicted octanol–water partition coefficient (Wildman–Crippen LogP) is 2.12. The summed E-state index contributed by atoms with van der Waals surface area (Å²) in [5.74, 6) is -0.869. The highest BCUT2D eigenvalue weighted by atomic mass is 32.2. The lowest BCUT2D eigenvalue weighted by molar-refractivity contribution is -0.140. The summed E-state index contributed by atoms with van der Waals surface area (Å²) in [7, 11) is 0. The molecule has 0 saturated carbocycles. The molecule has 1 aromatic rings. The lowest BCUT2D eigenvalue weighted by atomic mass is 10.1. The SMILES string of the molecule is CC1=CSC(C(=O)O)(c2ccccc2)N1. The zero-order valence-corrected chi connectivity index (χ0v) is 9.04. The number of thioether (sulfide) groups is 1. The van der Waals surface area contributed by atoms with Gasteiger partial charge in [-0.2, -0.15) is 0 Å². The average Bonchev–Trinajstić information content (AvgIpc) is 2.63. The van der Waals surface area contributed by atoms with Crippen molar-refractivity contribution in [3.05, 3.63) is 47.0 Å². The van der Waals surface area contributed by atoms with Gasteiger partial charge in [0.15, 0.2) is 0 Å². The van der Waals surface area contributed by atoms with E-state index in [0.29, 0.717) is 0 Å². The van der Waals surface area contributed by atoms with Crippen LogP contribution in [-0.2, 0) is 9.67 Å². The van der Waals surface area contributed by atoms with Crippen LogP contribution >= 0.6 is 11.8 Å². The number of carboxylic acid groups (broad SMARTS) is 1. The molecule has 15 heavy (non-hydrogen) atoms. The summed E-state index contributed by atoms with van der Waals surface area (Å²) in [5, 5.41) is 14.2. The fourth-order valence-electron chi connectivity index (χ4n) is 1.55. The molecule has 0 aromatic heterocycles. The molecule has 0 radical (unpaired) electrons. The maximum atomic E-state index is 11.4. The van der Waals surface area contributed by atoms with E-state index in [1.165, 1.54) is 11.8 Å². The van der Waals surface area contributed by atoms with Crippen LogP contribution < -0.4 is 5.32 Å². The van der Waals surface area contributed by atoms with Gasteiger partial charge in [-0.05, 0) is 17.9 Å². The van der Waals surface area contributed by atoms with E-state index in [4.69, 9.17) is 0 Å². The first-order valence-corrected chi connectivity index (χ1v) is 5.45. The summed E-state index contributed by atoms with van der Waals surface area (Å²) < 4.78 is 0. The van der Waals surface area contributed by atoms with Crippen LogP contribution in [0.4, 0.5) is 0 Å². The van der Waals surface area contributed by atoms with Crippen molar-refractivity contribution in [3.63, 3.8) is 0 Å². The Balaban J connectivity index is 2.42. The van der Waals surface area contributed by atoms with Gasteiger partial charge in [0, 0.05) is 5.70 Å². The summed E-state index contributed by atoms with van der Waals surface area (Å²) in [5.41, 5.74) is 1.64. The number of benzene rings is 1. The Morgan fingerprint density at radius 1 is 1.40 bits per heavy atom. The van der Waals surface area contributed by atoms with E-state index in [1.54, 1.807) is 0 Å². The molecule has 2 N–H and O–H groups in total. The van der Waals surface area contributed by atoms with E-state index in [-0.39, 0.29) is 0 Å². The highest BCUT2D eigenvalue weighted by Gasteiger charge is 2.43. The third-order valence-corrected chi connectivity index (χ3v) is 3.60. The van der Waals surface area contributed by atoms with E-state index in [1.807, 2.05) is 42.7 Å². The van der Waals surface area contributed by atoms with Crippen molar-refractivity contribution in [3.8, 4) is 0 Å². The summed E-state index contributed by atoms with van der Waals surface area (Å²) in [6, 6.07) is 9.20. The number of carbonyl (C=O) groups is 1. The molecule has 3 nitrogen and oxygen atoms in total. The van der Waals surface area contributed by atoms with Crippen molar-refractivity contribution >= 4 is 17.7 Å². The lowest BCUT2D eigenvalue weighted by Crippen LogP contribution is -2.42. The minimum atomic E-state index is -1.05. The minimum absolute atomic E-state index is 0.760. The number of aliphatic carboxylic acids is 1. The van der Waals surface area contributed by atoms with E-state index in [2.05, 4.69) is 5.32 Å². The molecule has 78 valence electrons. The Kier molecular flexibility index (Phi) is 2.44. The van der Waals surface area contributed by atoms with Crippen LogP contribution in [0.25, 0.3) is 0 Å². The Bertz CT molecular complexity index is 416. The number of nitrogens with one attached hydrogen (secondary N) is 1.